The van der Waals surface area contributed by atoms with Gasteiger partial charge in [0.1, 0.15) is 0 Å². The first-order valence-corrected chi connectivity index (χ1v) is 9.03. The zero-order chi connectivity index (χ0) is 18.7. The van der Waals surface area contributed by atoms with Gasteiger partial charge in [0.15, 0.2) is 0 Å². The van der Waals surface area contributed by atoms with Crippen LogP contribution in [0.1, 0.15) is 25.1 Å². The van der Waals surface area contributed by atoms with Gasteiger partial charge in [0.25, 0.3) is 0 Å². The van der Waals surface area contributed by atoms with Crippen molar-refractivity contribution >= 4 is 0 Å². The fourth-order valence-electron chi connectivity index (χ4n) is 3.14. The average molecular weight is 544 g/mol. The summed E-state index contributed by atoms with van der Waals surface area (Å²) in [5.74, 6) is 0. The maximum absolute atomic E-state index is 4.83. The van der Waals surface area contributed by atoms with Gasteiger partial charge in [-0.25, -0.2) is 0 Å². The second kappa shape index (κ2) is 8.62. The molecule has 0 saturated heterocycles. The third-order valence-corrected chi connectivity index (χ3v) is 4.78. The molecule has 2 aromatic heterocycles. The van der Waals surface area contributed by atoms with Crippen LogP contribution < -0.4 is 0 Å². The standard InChI is InChI=1S/C25H20N2.Pt/c1-25(2,24-16-6-7-17-26-24)21-13-8-12-20(18-21)23-15-9-14-22(27-23)19-10-4-3-5-11-19;/h3-10,12-17H,1-2H3;/q-2;+2. The largest absolute Gasteiger partial charge is 2.00 e. The molecule has 0 saturated carbocycles. The molecule has 0 amide bonds. The Balaban J connectivity index is 0.00000225. The molecule has 0 aliphatic rings. The Bertz CT molecular complexity index is 1040. The molecule has 0 aliphatic heterocycles. The molecule has 0 aliphatic carbocycles. The predicted molar refractivity (Wildman–Crippen MR) is 109 cm³/mol. The molecule has 4 rings (SSSR count). The van der Waals surface area contributed by atoms with Crippen molar-refractivity contribution in [1.82, 2.24) is 9.97 Å². The van der Waals surface area contributed by atoms with Gasteiger partial charge >= 0.3 is 21.1 Å². The molecule has 0 atom stereocenters. The van der Waals surface area contributed by atoms with E-state index in [9.17, 15) is 0 Å². The van der Waals surface area contributed by atoms with E-state index in [-0.39, 0.29) is 26.5 Å². The molecule has 0 bridgehead atoms. The summed E-state index contributed by atoms with van der Waals surface area (Å²) in [7, 11) is 0. The number of pyridine rings is 2. The van der Waals surface area contributed by atoms with E-state index in [2.05, 4.69) is 55.2 Å². The molecule has 3 heteroatoms. The molecule has 28 heavy (non-hydrogen) atoms. The first-order chi connectivity index (χ1) is 13.1. The Kier molecular flexibility index (Phi) is 6.21. The minimum Gasteiger partial charge on any atom is -0.345 e. The molecule has 140 valence electrons. The van der Waals surface area contributed by atoms with Crippen LogP contribution in [0.15, 0.2) is 85.1 Å². The quantitative estimate of drug-likeness (QED) is 0.307. The van der Waals surface area contributed by atoms with Crippen LogP contribution in [0.5, 0.6) is 0 Å². The Hall–Kier alpha value is -2.57. The first kappa shape index (κ1) is 20.2. The second-order valence-corrected chi connectivity index (χ2v) is 7.00. The van der Waals surface area contributed by atoms with E-state index in [0.29, 0.717) is 0 Å². The van der Waals surface area contributed by atoms with Gasteiger partial charge in [0.05, 0.1) is 0 Å². The van der Waals surface area contributed by atoms with Gasteiger partial charge in [-0.2, -0.15) is 0 Å². The zero-order valence-corrected chi connectivity index (χ0v) is 18.1. The topological polar surface area (TPSA) is 25.8 Å². The van der Waals surface area contributed by atoms with E-state index in [1.54, 1.807) is 0 Å². The predicted octanol–water partition coefficient (Wildman–Crippen LogP) is 5.73. The minimum absolute atomic E-state index is 0. The van der Waals surface area contributed by atoms with E-state index in [1.165, 1.54) is 0 Å². The molecule has 2 aromatic carbocycles. The zero-order valence-electron chi connectivity index (χ0n) is 15.8. The maximum Gasteiger partial charge on any atom is 2.00 e. The first-order valence-electron chi connectivity index (χ1n) is 9.03. The van der Waals surface area contributed by atoms with Crippen LogP contribution in [0, 0.1) is 12.1 Å². The number of hydrogen-bond acceptors (Lipinski definition) is 2. The summed E-state index contributed by atoms with van der Waals surface area (Å²) < 4.78 is 0. The summed E-state index contributed by atoms with van der Waals surface area (Å²) in [6.07, 6.45) is 1.84. The Morgan fingerprint density at radius 3 is 2.18 bits per heavy atom. The molecule has 0 spiro atoms. The number of nitrogens with zero attached hydrogens (tertiary/aromatic N) is 2. The van der Waals surface area contributed by atoms with E-state index < -0.39 is 0 Å². The summed E-state index contributed by atoms with van der Waals surface area (Å²) in [5, 5.41) is 0. The molecular weight excluding hydrogens is 523 g/mol. The SMILES string of the molecule is CC(C)(c1[c-]c(-c2cccc(-c3[c-]cccc3)n2)ccc1)c1ccccn1.[Pt+2]. The van der Waals surface area contributed by atoms with Crippen LogP contribution in [0.4, 0.5) is 0 Å². The van der Waals surface area contributed by atoms with Crippen LogP contribution in [-0.2, 0) is 26.5 Å². The van der Waals surface area contributed by atoms with Gasteiger partial charge in [-0.15, -0.1) is 71.3 Å². The monoisotopic (exact) mass is 543 g/mol. The van der Waals surface area contributed by atoms with Crippen molar-refractivity contribution in [2.75, 3.05) is 0 Å². The number of aromatic nitrogens is 2. The third kappa shape index (κ3) is 4.13. The molecule has 2 nitrogen and oxygen atoms in total. The van der Waals surface area contributed by atoms with Gasteiger partial charge in [0, 0.05) is 17.3 Å². The van der Waals surface area contributed by atoms with Crippen molar-refractivity contribution in [1.29, 1.82) is 0 Å². The Labute approximate surface area is 181 Å². The van der Waals surface area contributed by atoms with Gasteiger partial charge in [-0.3, -0.25) is 4.98 Å². The summed E-state index contributed by atoms with van der Waals surface area (Å²) >= 11 is 0. The van der Waals surface area contributed by atoms with Gasteiger partial charge in [-0.1, -0.05) is 38.1 Å². The smallest absolute Gasteiger partial charge is 0.345 e. The minimum atomic E-state index is -0.234. The fraction of sp³-hybridized carbons (Fsp3) is 0.120. The average Bonchev–Trinajstić information content (AvgIpc) is 2.75. The molecule has 0 unspecified atom stereocenters. The molecule has 0 fully saturated rings. The van der Waals surface area contributed by atoms with Gasteiger partial charge < -0.3 is 4.98 Å². The molecule has 2 heterocycles. The molecular formula is C25H20N2Pt. The van der Waals surface area contributed by atoms with Crippen LogP contribution >= 0.6 is 0 Å². The molecule has 4 aromatic rings. The van der Waals surface area contributed by atoms with Crippen molar-refractivity contribution < 1.29 is 21.1 Å². The van der Waals surface area contributed by atoms with Crippen molar-refractivity contribution in [3.05, 3.63) is 108 Å². The molecule has 0 radical (unpaired) electrons. The number of rotatable bonds is 4. The van der Waals surface area contributed by atoms with Crippen LogP contribution in [0.25, 0.3) is 22.5 Å². The van der Waals surface area contributed by atoms with Crippen molar-refractivity contribution in [3.63, 3.8) is 0 Å². The maximum atomic E-state index is 4.83. The summed E-state index contributed by atoms with van der Waals surface area (Å²) in [4.78, 5) is 9.37. The van der Waals surface area contributed by atoms with Crippen molar-refractivity contribution in [2.45, 2.75) is 19.3 Å². The van der Waals surface area contributed by atoms with Crippen molar-refractivity contribution in [3.8, 4) is 22.5 Å². The van der Waals surface area contributed by atoms with E-state index >= 15 is 0 Å². The van der Waals surface area contributed by atoms with Crippen LogP contribution in [0.2, 0.25) is 0 Å². The number of hydrogen-bond donors (Lipinski definition) is 0. The fourth-order valence-corrected chi connectivity index (χ4v) is 3.14. The van der Waals surface area contributed by atoms with Crippen LogP contribution in [-0.4, -0.2) is 9.97 Å². The second-order valence-electron chi connectivity index (χ2n) is 7.00. The van der Waals surface area contributed by atoms with E-state index in [0.717, 1.165) is 33.8 Å². The number of benzene rings is 2. The summed E-state index contributed by atoms with van der Waals surface area (Å²) in [6, 6.07) is 33.0. The Morgan fingerprint density at radius 1 is 0.750 bits per heavy atom. The third-order valence-electron chi connectivity index (χ3n) is 4.78. The van der Waals surface area contributed by atoms with Crippen LogP contribution in [0.3, 0.4) is 0 Å². The molecule has 0 N–H and O–H groups in total. The van der Waals surface area contributed by atoms with E-state index in [1.807, 2.05) is 60.8 Å². The Morgan fingerprint density at radius 2 is 1.46 bits per heavy atom. The van der Waals surface area contributed by atoms with Gasteiger partial charge in [0.2, 0.25) is 0 Å². The summed E-state index contributed by atoms with van der Waals surface area (Å²) in [6.45, 7) is 4.35. The van der Waals surface area contributed by atoms with Gasteiger partial charge in [-0.05, 0) is 23.5 Å². The van der Waals surface area contributed by atoms with E-state index in [4.69, 9.17) is 4.98 Å². The normalized spacial score (nSPS) is 10.9. The van der Waals surface area contributed by atoms with Crippen molar-refractivity contribution in [2.24, 2.45) is 0 Å². The summed E-state index contributed by atoms with van der Waals surface area (Å²) in [5.41, 5.74) is 5.68.